The van der Waals surface area contributed by atoms with Crippen molar-refractivity contribution in [2.45, 2.75) is 0 Å². The Morgan fingerprint density at radius 1 is 0.512 bits per heavy atom. The summed E-state index contributed by atoms with van der Waals surface area (Å²) in [5, 5.41) is 50.4. The number of rotatable bonds is 10. The summed E-state index contributed by atoms with van der Waals surface area (Å²) < 4.78 is 18.2. The van der Waals surface area contributed by atoms with Crippen LogP contribution < -0.4 is 108 Å². The first kappa shape index (κ1) is 63.0. The van der Waals surface area contributed by atoms with E-state index in [0.717, 1.165) is 65.7 Å². The molecule has 0 aliphatic rings. The second-order valence-corrected chi connectivity index (χ2v) is 17.7. The van der Waals surface area contributed by atoms with Crippen LogP contribution in [0.4, 0.5) is 45.5 Å². The number of oxazole rings is 3. The molecule has 80 heavy (non-hydrogen) atoms. The number of aromatic carboxylic acids is 1. The molecule has 3 aromatic heterocycles. The first-order valence-corrected chi connectivity index (χ1v) is 24.5. The van der Waals surface area contributed by atoms with Crippen molar-refractivity contribution in [3.05, 3.63) is 199 Å². The third kappa shape index (κ3) is 17.1. The largest absolute Gasteiger partial charge is 1.00 e. The summed E-state index contributed by atoms with van der Waals surface area (Å²) in [5.41, 5.74) is 22.9. The zero-order chi connectivity index (χ0) is 55.9. The Bertz CT molecular complexity index is 3720. The predicted octanol–water partition coefficient (Wildman–Crippen LogP) is 7.02. The standard InChI is InChI=1S/C14H11IN2O.C14H11N3O3.C14H13N3O.C8H9NO2.C6H6N2O3.HI.K/c1-16-11-5-2-9(3-6-11)14-17-12-7-4-10(15)8-13(12)18-14;1-15-10-4-2-9(3-5-10)14-16-12-7-6-11(17(18)19)8-13(12)20-14;1-16-11-5-2-9(3-6-11)14-17-12-7-4-10(15)8-13(12)18-14;1-9-7-4-2-6(3-5-7)8(10)11;7-5-2-1-4(8(10)11)3-6(5)9;;/h2-8,16H,1H3;2-8,15H,1H3;2-8,16H,15H2,1H3;2-5,9H,1H3,(H,10,11);1-3,9H,7H2;1H;/q;;;;;;+1/p-1. The molecule has 3 heterocycles. The molecule has 11 rings (SSSR count). The molecular formula is C56H50I2KN11O10. The summed E-state index contributed by atoms with van der Waals surface area (Å²) >= 11 is 2.27. The minimum atomic E-state index is -0.896. The van der Waals surface area contributed by atoms with E-state index in [2.05, 4.69) is 58.8 Å². The molecule has 10 N–H and O–H groups in total. The summed E-state index contributed by atoms with van der Waals surface area (Å²) in [6.45, 7) is 0. The molecule has 0 fully saturated rings. The Hall–Kier alpha value is -7.86. The van der Waals surface area contributed by atoms with Crippen molar-refractivity contribution in [2.75, 3.05) is 60.9 Å². The van der Waals surface area contributed by atoms with Gasteiger partial charge in [-0.05, 0) is 162 Å². The molecule has 8 aromatic carbocycles. The van der Waals surface area contributed by atoms with Crippen molar-refractivity contribution >= 4 is 107 Å². The van der Waals surface area contributed by atoms with E-state index in [4.69, 9.17) is 34.9 Å². The molecular weight excluding hydrogens is 1280 g/mol. The van der Waals surface area contributed by atoms with Gasteiger partial charge in [-0.15, -0.1) is 0 Å². The summed E-state index contributed by atoms with van der Waals surface area (Å²) in [5.74, 6) is 0.558. The first-order chi connectivity index (χ1) is 37.5. The van der Waals surface area contributed by atoms with Gasteiger partial charge in [0.2, 0.25) is 17.7 Å². The Balaban J connectivity index is 0.000000186. The SMILES string of the molecule is CNc1ccc(-c2nc3ccc(I)cc3o2)cc1.CNc1ccc(-c2nc3ccc(N)cc3o2)cc1.CNc1ccc(-c2nc3ccc([N+](=O)[O-])cc3o2)cc1.CNc1ccc(C(=O)O)cc1.Nc1ccc([N+](=O)[O-])cc1O.[I-].[K+]. The number of nitrogens with two attached hydrogens (primary N) is 2. The molecule has 0 saturated heterocycles. The number of nitrogens with one attached hydrogen (secondary N) is 4. The molecule has 404 valence electrons. The molecule has 0 radical (unpaired) electrons. The van der Waals surface area contributed by atoms with Gasteiger partial charge in [-0.25, -0.2) is 19.7 Å². The first-order valence-electron chi connectivity index (χ1n) is 23.4. The summed E-state index contributed by atoms with van der Waals surface area (Å²) in [6.07, 6.45) is 0. The van der Waals surface area contributed by atoms with E-state index in [1.165, 1.54) is 24.3 Å². The molecule has 24 heteroatoms. The van der Waals surface area contributed by atoms with Crippen LogP contribution in [0.2, 0.25) is 0 Å². The quantitative estimate of drug-likeness (QED) is 0.0170. The number of hydrogen-bond acceptors (Lipinski definition) is 18. The van der Waals surface area contributed by atoms with E-state index in [-0.39, 0.29) is 98.2 Å². The minimum Gasteiger partial charge on any atom is -1.00 e. The van der Waals surface area contributed by atoms with Crippen LogP contribution in [0.25, 0.3) is 67.7 Å². The number of aromatic nitrogens is 3. The van der Waals surface area contributed by atoms with E-state index in [9.17, 15) is 25.0 Å². The van der Waals surface area contributed by atoms with E-state index >= 15 is 0 Å². The molecule has 0 amide bonds. The second kappa shape index (κ2) is 29.9. The van der Waals surface area contributed by atoms with E-state index in [1.54, 1.807) is 43.4 Å². The Morgan fingerprint density at radius 3 is 1.25 bits per heavy atom. The van der Waals surface area contributed by atoms with Gasteiger partial charge in [-0.2, -0.15) is 0 Å². The number of anilines is 6. The maximum atomic E-state index is 10.7. The molecule has 0 aliphatic carbocycles. The molecule has 0 unspecified atom stereocenters. The predicted molar refractivity (Wildman–Crippen MR) is 313 cm³/mol. The topological polar surface area (TPSA) is 322 Å². The van der Waals surface area contributed by atoms with Gasteiger partial charge in [0, 0.05) is 95.1 Å². The Kier molecular flexibility index (Phi) is 23.6. The minimum absolute atomic E-state index is 0. The van der Waals surface area contributed by atoms with Crippen molar-refractivity contribution in [2.24, 2.45) is 0 Å². The number of non-ortho nitro benzene ring substituents is 2. The number of phenols is 1. The van der Waals surface area contributed by atoms with Gasteiger partial charge in [0.1, 0.15) is 22.3 Å². The van der Waals surface area contributed by atoms with Crippen molar-refractivity contribution < 1.29 is 113 Å². The smallest absolute Gasteiger partial charge is 1.00 e. The molecule has 0 aliphatic heterocycles. The molecule has 21 nitrogen and oxygen atoms in total. The zero-order valence-electron chi connectivity index (χ0n) is 43.5. The van der Waals surface area contributed by atoms with Crippen LogP contribution >= 0.6 is 22.6 Å². The van der Waals surface area contributed by atoms with Gasteiger partial charge < -0.3 is 80.2 Å². The summed E-state index contributed by atoms with van der Waals surface area (Å²) in [6, 6.07) is 49.5. The van der Waals surface area contributed by atoms with Gasteiger partial charge in [0.25, 0.3) is 11.4 Å². The van der Waals surface area contributed by atoms with Crippen LogP contribution in [0.1, 0.15) is 10.4 Å². The fourth-order valence-electron chi connectivity index (χ4n) is 7.00. The van der Waals surface area contributed by atoms with Crippen LogP contribution in [0, 0.1) is 23.8 Å². The number of carboxylic acid groups (broad SMARTS) is 1. The third-order valence-corrected chi connectivity index (χ3v) is 11.9. The Morgan fingerprint density at radius 2 is 0.863 bits per heavy atom. The molecule has 0 bridgehead atoms. The van der Waals surface area contributed by atoms with Crippen LogP contribution in [-0.2, 0) is 0 Å². The van der Waals surface area contributed by atoms with Gasteiger partial charge in [-0.3, -0.25) is 20.2 Å². The van der Waals surface area contributed by atoms with Gasteiger partial charge in [-0.1, -0.05) is 0 Å². The third-order valence-electron chi connectivity index (χ3n) is 11.3. The molecule has 0 atom stereocenters. The number of halogens is 2. The van der Waals surface area contributed by atoms with Crippen molar-refractivity contribution in [1.29, 1.82) is 0 Å². The van der Waals surface area contributed by atoms with Gasteiger partial charge >= 0.3 is 57.4 Å². The Labute approximate surface area is 530 Å². The number of nitro groups is 2. The summed E-state index contributed by atoms with van der Waals surface area (Å²) in [7, 11) is 7.41. The number of hydrogen-bond donors (Lipinski definition) is 8. The van der Waals surface area contributed by atoms with Crippen LogP contribution in [-0.4, -0.2) is 69.2 Å². The monoisotopic (exact) mass is 1330 g/mol. The van der Waals surface area contributed by atoms with E-state index in [0.29, 0.717) is 45.6 Å². The fourth-order valence-corrected chi connectivity index (χ4v) is 7.46. The number of nitrogen functional groups attached to an aromatic ring is 2. The van der Waals surface area contributed by atoms with Crippen LogP contribution in [0.15, 0.2) is 183 Å². The second-order valence-electron chi connectivity index (χ2n) is 16.4. The number of carbonyl (C=O) groups is 1. The zero-order valence-corrected chi connectivity index (χ0v) is 50.9. The van der Waals surface area contributed by atoms with Gasteiger partial charge in [0.05, 0.1) is 33.2 Å². The number of benzene rings is 8. The van der Waals surface area contributed by atoms with Crippen LogP contribution in [0.3, 0.4) is 0 Å². The number of fused-ring (bicyclic) bond motifs is 3. The average Bonchev–Trinajstić information content (AvgIpc) is 4.21. The number of phenolic OH excluding ortho intramolecular Hbond substituents is 1. The van der Waals surface area contributed by atoms with Crippen molar-refractivity contribution in [3.63, 3.8) is 0 Å². The van der Waals surface area contributed by atoms with E-state index < -0.39 is 15.8 Å². The van der Waals surface area contributed by atoms with Gasteiger partial charge in [0.15, 0.2) is 16.7 Å². The van der Waals surface area contributed by atoms with Crippen LogP contribution in [0.5, 0.6) is 5.75 Å². The number of nitro benzene ring substituents is 2. The maximum absolute atomic E-state index is 10.7. The molecule has 11 aromatic rings. The average molecular weight is 1330 g/mol. The van der Waals surface area contributed by atoms with Crippen molar-refractivity contribution in [3.8, 4) is 40.1 Å². The molecule has 0 saturated carbocycles. The fraction of sp³-hybridized carbons (Fsp3) is 0.0714. The maximum Gasteiger partial charge on any atom is 1.00 e. The number of nitrogens with zero attached hydrogens (tertiary/aromatic N) is 5. The summed E-state index contributed by atoms with van der Waals surface area (Å²) in [4.78, 5) is 43.4. The number of aromatic hydroxyl groups is 1. The normalized spacial score (nSPS) is 10.1. The molecule has 0 spiro atoms. The van der Waals surface area contributed by atoms with Crippen molar-refractivity contribution in [1.82, 2.24) is 15.0 Å². The van der Waals surface area contributed by atoms with E-state index in [1.807, 2.05) is 124 Å². The number of carboxylic acids is 1.